The van der Waals surface area contributed by atoms with Gasteiger partial charge in [0.2, 0.25) is 4.96 Å². The molecule has 0 aliphatic heterocycles. The first-order valence-corrected chi connectivity index (χ1v) is 8.61. The van der Waals surface area contributed by atoms with Gasteiger partial charge in [0.1, 0.15) is 16.3 Å². The zero-order valence-electron chi connectivity index (χ0n) is 12.9. The van der Waals surface area contributed by atoms with E-state index in [0.29, 0.717) is 0 Å². The molecule has 0 N–H and O–H groups in total. The van der Waals surface area contributed by atoms with Crippen molar-refractivity contribution in [2.24, 2.45) is 0 Å². The number of aromatic nitrogens is 4. The van der Waals surface area contributed by atoms with E-state index in [0.717, 1.165) is 44.1 Å². The van der Waals surface area contributed by atoms with Gasteiger partial charge in [-0.2, -0.15) is 9.61 Å². The molecule has 0 amide bonds. The number of rotatable bonds is 2. The van der Waals surface area contributed by atoms with E-state index in [9.17, 15) is 4.39 Å². The third-order valence-corrected chi connectivity index (χ3v) is 5.26. The van der Waals surface area contributed by atoms with Crippen LogP contribution in [0.4, 0.5) is 4.39 Å². The molecule has 0 saturated heterocycles. The van der Waals surface area contributed by atoms with Gasteiger partial charge >= 0.3 is 0 Å². The molecule has 5 aromatic rings. The fraction of sp³-hybridized carbons (Fsp3) is 0.111. The molecule has 5 rings (SSSR count). The topological polar surface area (TPSA) is 35.1 Å². The Morgan fingerprint density at radius 3 is 2.83 bits per heavy atom. The lowest BCUT2D eigenvalue weighted by Crippen LogP contribution is -1.98. The second-order valence-corrected chi connectivity index (χ2v) is 6.70. The Hall–Kier alpha value is -2.73. The largest absolute Gasteiger partial charge is 0.292 e. The molecule has 24 heavy (non-hydrogen) atoms. The van der Waals surface area contributed by atoms with Crippen LogP contribution in [-0.2, 0) is 6.42 Å². The van der Waals surface area contributed by atoms with Gasteiger partial charge in [-0.05, 0) is 30.7 Å². The summed E-state index contributed by atoms with van der Waals surface area (Å²) in [6.45, 7) is 2.08. The third kappa shape index (κ3) is 1.77. The number of imidazole rings is 1. The highest BCUT2D eigenvalue weighted by Gasteiger charge is 2.20. The van der Waals surface area contributed by atoms with Crippen LogP contribution >= 0.6 is 11.3 Å². The summed E-state index contributed by atoms with van der Waals surface area (Å²) in [4.78, 5) is 5.65. The first-order chi connectivity index (χ1) is 11.8. The van der Waals surface area contributed by atoms with E-state index < -0.39 is 0 Å². The second-order valence-electron chi connectivity index (χ2n) is 5.66. The van der Waals surface area contributed by atoms with Crippen molar-refractivity contribution in [3.63, 3.8) is 0 Å². The van der Waals surface area contributed by atoms with Crippen molar-refractivity contribution in [1.29, 1.82) is 0 Å². The normalized spacial score (nSPS) is 11.9. The van der Waals surface area contributed by atoms with E-state index in [4.69, 9.17) is 4.98 Å². The van der Waals surface area contributed by atoms with Gasteiger partial charge in [-0.1, -0.05) is 42.5 Å². The molecule has 4 nitrogen and oxygen atoms in total. The molecule has 0 spiro atoms. The van der Waals surface area contributed by atoms with Crippen molar-refractivity contribution in [2.75, 3.05) is 0 Å². The molecular formula is C18H13FN4S. The maximum absolute atomic E-state index is 13.8. The second kappa shape index (κ2) is 4.88. The fourth-order valence-corrected chi connectivity index (χ4v) is 3.99. The molecule has 2 aromatic carbocycles. The molecule has 0 radical (unpaired) electrons. The highest BCUT2D eigenvalue weighted by atomic mass is 32.1. The highest BCUT2D eigenvalue weighted by molar-refractivity contribution is 7.16. The lowest BCUT2D eigenvalue weighted by molar-refractivity contribution is 0.627. The van der Waals surface area contributed by atoms with Gasteiger partial charge in [0.25, 0.3) is 0 Å². The molecule has 0 aliphatic carbocycles. The quantitative estimate of drug-likeness (QED) is 0.473. The van der Waals surface area contributed by atoms with E-state index in [1.54, 1.807) is 23.5 Å². The van der Waals surface area contributed by atoms with Crippen molar-refractivity contribution < 1.29 is 4.39 Å². The van der Waals surface area contributed by atoms with Gasteiger partial charge in [0.15, 0.2) is 5.65 Å². The molecule has 6 heteroatoms. The molecule has 118 valence electrons. The first kappa shape index (κ1) is 13.7. The van der Waals surface area contributed by atoms with Gasteiger partial charge in [-0.3, -0.25) is 4.57 Å². The lowest BCUT2D eigenvalue weighted by atomic mass is 10.2. The van der Waals surface area contributed by atoms with Gasteiger partial charge in [0.05, 0.1) is 11.2 Å². The maximum Gasteiger partial charge on any atom is 0.214 e. The van der Waals surface area contributed by atoms with Crippen LogP contribution in [0.25, 0.3) is 32.7 Å². The van der Waals surface area contributed by atoms with Crippen LogP contribution in [-0.4, -0.2) is 19.2 Å². The van der Waals surface area contributed by atoms with E-state index >= 15 is 0 Å². The summed E-state index contributed by atoms with van der Waals surface area (Å²) in [5, 5.41) is 6.77. The number of hydrogen-bond donors (Lipinski definition) is 0. The lowest BCUT2D eigenvalue weighted by Gasteiger charge is -2.06. The zero-order valence-corrected chi connectivity index (χ0v) is 13.7. The molecule has 0 unspecified atom stereocenters. The monoisotopic (exact) mass is 336 g/mol. The van der Waals surface area contributed by atoms with Gasteiger partial charge in [-0.15, -0.1) is 0 Å². The summed E-state index contributed by atoms with van der Waals surface area (Å²) in [6.07, 6.45) is 0.871. The van der Waals surface area contributed by atoms with Crippen LogP contribution < -0.4 is 0 Å². The standard InChI is InChI=1S/C18H13FN4S/c1-2-15-21-23-17-16(20-18(23)24-15)13-8-3-4-9-14(13)22(17)12-7-5-6-11(19)10-12/h3-10H,2H2,1H3. The Kier molecular flexibility index (Phi) is 2.78. The molecule has 0 bridgehead atoms. The summed E-state index contributed by atoms with van der Waals surface area (Å²) >= 11 is 1.60. The van der Waals surface area contributed by atoms with Crippen molar-refractivity contribution in [3.8, 4) is 5.69 Å². The minimum atomic E-state index is -0.258. The molecule has 0 atom stereocenters. The Balaban J connectivity index is 2.00. The van der Waals surface area contributed by atoms with Gasteiger partial charge in [-0.25, -0.2) is 9.37 Å². The predicted molar refractivity (Wildman–Crippen MR) is 94.5 cm³/mol. The molecule has 0 aliphatic rings. The van der Waals surface area contributed by atoms with E-state index in [1.807, 2.05) is 39.4 Å². The minimum absolute atomic E-state index is 0.258. The number of halogens is 1. The van der Waals surface area contributed by atoms with Gasteiger partial charge < -0.3 is 0 Å². The smallest absolute Gasteiger partial charge is 0.214 e. The first-order valence-electron chi connectivity index (χ1n) is 7.80. The highest BCUT2D eigenvalue weighted by Crippen LogP contribution is 2.33. The van der Waals surface area contributed by atoms with Crippen LogP contribution in [0.3, 0.4) is 0 Å². The predicted octanol–water partition coefficient (Wildman–Crippen LogP) is 4.59. The Morgan fingerprint density at radius 2 is 2.00 bits per heavy atom. The fourth-order valence-electron chi connectivity index (χ4n) is 3.16. The average molecular weight is 336 g/mol. The van der Waals surface area contributed by atoms with Crippen molar-refractivity contribution in [1.82, 2.24) is 19.2 Å². The van der Waals surface area contributed by atoms with E-state index in [2.05, 4.69) is 12.0 Å². The van der Waals surface area contributed by atoms with Crippen LogP contribution in [0.1, 0.15) is 11.9 Å². The third-order valence-electron chi connectivity index (χ3n) is 4.20. The SMILES string of the molecule is CCc1nn2c(nc3c4ccccc4n(-c4cccc(F)c4)c32)s1. The van der Waals surface area contributed by atoms with Crippen molar-refractivity contribution in [2.45, 2.75) is 13.3 Å². The minimum Gasteiger partial charge on any atom is -0.292 e. The Bertz CT molecular complexity index is 1210. The number of fused-ring (bicyclic) bond motifs is 5. The van der Waals surface area contributed by atoms with Crippen LogP contribution in [0.5, 0.6) is 0 Å². The summed E-state index contributed by atoms with van der Waals surface area (Å²) in [7, 11) is 0. The van der Waals surface area contributed by atoms with Crippen LogP contribution in [0.15, 0.2) is 48.5 Å². The number of aryl methyl sites for hydroxylation is 1. The number of para-hydroxylation sites is 1. The maximum atomic E-state index is 13.8. The van der Waals surface area contributed by atoms with Gasteiger partial charge in [0, 0.05) is 5.39 Å². The Labute approximate surface area is 140 Å². The van der Waals surface area contributed by atoms with E-state index in [-0.39, 0.29) is 5.82 Å². The summed E-state index contributed by atoms with van der Waals surface area (Å²) in [5.74, 6) is -0.258. The summed E-state index contributed by atoms with van der Waals surface area (Å²) < 4.78 is 17.7. The molecule has 3 aromatic heterocycles. The molecule has 0 saturated carbocycles. The summed E-state index contributed by atoms with van der Waals surface area (Å²) in [6, 6.07) is 14.7. The van der Waals surface area contributed by atoms with Crippen molar-refractivity contribution >= 4 is 38.4 Å². The number of hydrogen-bond acceptors (Lipinski definition) is 3. The van der Waals surface area contributed by atoms with Crippen LogP contribution in [0, 0.1) is 5.82 Å². The Morgan fingerprint density at radius 1 is 1.12 bits per heavy atom. The van der Waals surface area contributed by atoms with Crippen LogP contribution in [0.2, 0.25) is 0 Å². The van der Waals surface area contributed by atoms with E-state index in [1.165, 1.54) is 6.07 Å². The average Bonchev–Trinajstić information content (AvgIpc) is 3.22. The number of benzene rings is 2. The molecular weight excluding hydrogens is 323 g/mol. The molecule has 0 fully saturated rings. The molecule has 3 heterocycles. The zero-order chi connectivity index (χ0) is 16.3. The summed E-state index contributed by atoms with van der Waals surface area (Å²) in [5.41, 5.74) is 3.55. The van der Waals surface area contributed by atoms with Crippen molar-refractivity contribution in [3.05, 3.63) is 59.4 Å². The number of nitrogens with zero attached hydrogens (tertiary/aromatic N) is 4.